The molecular formula is C7H15ClF2NO2PS. The maximum absolute atomic E-state index is 13.0. The van der Waals surface area contributed by atoms with Crippen molar-refractivity contribution in [3.05, 3.63) is 0 Å². The molecule has 15 heavy (non-hydrogen) atoms. The normalized spacial score (nSPS) is 16.7. The van der Waals surface area contributed by atoms with Gasteiger partial charge in [0.1, 0.15) is 5.88 Å². The number of halogens is 3. The molecule has 0 saturated heterocycles. The number of hydrogen-bond donors (Lipinski definition) is 0. The van der Waals surface area contributed by atoms with Gasteiger partial charge >= 0.3 is 6.11 Å². The Labute approximate surface area is 98.9 Å². The minimum absolute atomic E-state index is 0.486. The van der Waals surface area contributed by atoms with Gasteiger partial charge in [-0.15, -0.1) is 11.6 Å². The zero-order valence-electron chi connectivity index (χ0n) is 8.87. The van der Waals surface area contributed by atoms with Crippen LogP contribution in [0, 0.1) is 0 Å². The summed E-state index contributed by atoms with van der Waals surface area (Å²) in [5.74, 6) is -0.935. The van der Waals surface area contributed by atoms with Crippen molar-refractivity contribution in [1.29, 1.82) is 0 Å². The molecule has 1 atom stereocenters. The van der Waals surface area contributed by atoms with E-state index in [4.69, 9.17) is 27.9 Å². The van der Waals surface area contributed by atoms with Gasteiger partial charge in [-0.3, -0.25) is 4.52 Å². The molecule has 0 heterocycles. The number of rotatable bonds is 7. The zero-order valence-corrected chi connectivity index (χ0v) is 11.3. The third-order valence-electron chi connectivity index (χ3n) is 1.71. The molecule has 0 saturated carbocycles. The van der Waals surface area contributed by atoms with Crippen LogP contribution in [0.3, 0.4) is 0 Å². The molecule has 1 unspecified atom stereocenters. The van der Waals surface area contributed by atoms with E-state index in [-0.39, 0.29) is 0 Å². The van der Waals surface area contributed by atoms with Gasteiger partial charge in [0.2, 0.25) is 0 Å². The highest BCUT2D eigenvalue weighted by molar-refractivity contribution is 8.08. The smallest absolute Gasteiger partial charge is 0.321 e. The topological polar surface area (TPSA) is 21.7 Å². The van der Waals surface area contributed by atoms with Crippen molar-refractivity contribution < 1.29 is 17.8 Å². The highest BCUT2D eigenvalue weighted by Gasteiger charge is 2.39. The van der Waals surface area contributed by atoms with Gasteiger partial charge in [0.25, 0.3) is 6.64 Å². The molecule has 92 valence electrons. The van der Waals surface area contributed by atoms with Gasteiger partial charge < -0.3 is 4.52 Å². The molecule has 0 aromatic heterocycles. The molecule has 0 rings (SSSR count). The molecule has 8 heteroatoms. The number of nitrogens with zero attached hydrogens (tertiary/aromatic N) is 1. The van der Waals surface area contributed by atoms with E-state index in [1.54, 1.807) is 18.5 Å². The van der Waals surface area contributed by atoms with Crippen molar-refractivity contribution >= 4 is 30.1 Å². The Balaban J connectivity index is 4.78. The fourth-order valence-electron chi connectivity index (χ4n) is 0.974. The minimum atomic E-state index is -3.45. The first-order chi connectivity index (χ1) is 6.85. The Morgan fingerprint density at radius 3 is 2.13 bits per heavy atom. The summed E-state index contributed by atoms with van der Waals surface area (Å²) in [5.41, 5.74) is 0. The summed E-state index contributed by atoms with van der Waals surface area (Å²) in [6, 6.07) is 0. The van der Waals surface area contributed by atoms with Crippen LogP contribution in [0.25, 0.3) is 0 Å². The van der Waals surface area contributed by atoms with Gasteiger partial charge in [0, 0.05) is 20.2 Å². The van der Waals surface area contributed by atoms with E-state index in [2.05, 4.69) is 4.52 Å². The molecule has 0 spiro atoms. The van der Waals surface area contributed by atoms with E-state index < -0.39 is 18.6 Å². The Morgan fingerprint density at radius 1 is 1.40 bits per heavy atom. The van der Waals surface area contributed by atoms with Crippen LogP contribution in [0.2, 0.25) is 0 Å². The van der Waals surface area contributed by atoms with E-state index in [0.29, 0.717) is 13.1 Å². The van der Waals surface area contributed by atoms with Gasteiger partial charge in [-0.25, -0.2) is 4.67 Å². The molecule has 0 aliphatic heterocycles. The van der Waals surface area contributed by atoms with Crippen molar-refractivity contribution in [2.24, 2.45) is 0 Å². The molecule has 0 N–H and O–H groups in total. The van der Waals surface area contributed by atoms with E-state index in [1.807, 2.05) is 0 Å². The molecule has 0 amide bonds. The monoisotopic (exact) mass is 281 g/mol. The van der Waals surface area contributed by atoms with E-state index >= 15 is 0 Å². The third kappa shape index (κ3) is 4.59. The molecule has 0 aromatic carbocycles. The first-order valence-electron chi connectivity index (χ1n) is 4.41. The summed E-state index contributed by atoms with van der Waals surface area (Å²) in [7, 11) is 1.27. The Morgan fingerprint density at radius 2 is 1.87 bits per heavy atom. The van der Waals surface area contributed by atoms with Crippen molar-refractivity contribution in [3.63, 3.8) is 0 Å². The van der Waals surface area contributed by atoms with Crippen LogP contribution in [-0.4, -0.2) is 36.9 Å². The highest BCUT2D eigenvalue weighted by Crippen LogP contribution is 2.55. The van der Waals surface area contributed by atoms with Crippen molar-refractivity contribution in [1.82, 2.24) is 4.67 Å². The summed E-state index contributed by atoms with van der Waals surface area (Å²) >= 11 is 10.1. The summed E-state index contributed by atoms with van der Waals surface area (Å²) in [6.45, 7) is 1.45. The van der Waals surface area contributed by atoms with Gasteiger partial charge in [-0.2, -0.15) is 8.78 Å². The average Bonchev–Trinajstić information content (AvgIpc) is 2.19. The Kier molecular flexibility index (Phi) is 6.72. The average molecular weight is 282 g/mol. The molecule has 0 radical (unpaired) electrons. The van der Waals surface area contributed by atoms with Crippen molar-refractivity contribution in [2.45, 2.75) is 20.0 Å². The van der Waals surface area contributed by atoms with Crippen LogP contribution < -0.4 is 0 Å². The molecule has 0 bridgehead atoms. The van der Waals surface area contributed by atoms with E-state index in [0.717, 1.165) is 0 Å². The fourth-order valence-corrected chi connectivity index (χ4v) is 3.64. The first kappa shape index (κ1) is 15.7. The lowest BCUT2D eigenvalue weighted by Gasteiger charge is -2.32. The quantitative estimate of drug-likeness (QED) is 0.528. The summed E-state index contributed by atoms with van der Waals surface area (Å²) in [4.78, 5) is 0. The zero-order chi connectivity index (χ0) is 12.1. The van der Waals surface area contributed by atoms with E-state index in [9.17, 15) is 8.78 Å². The standard InChI is InChI=1S/C7H15ClF2NO2PS/c1-4-11(5-2)14(15,12-3)13-7(9,10)6-8/h4-6H2,1-3H3. The van der Waals surface area contributed by atoms with Crippen molar-refractivity contribution in [3.8, 4) is 0 Å². The first-order valence-corrected chi connectivity index (χ1v) is 7.53. The second kappa shape index (κ2) is 6.42. The predicted octanol–water partition coefficient (Wildman–Crippen LogP) is 3.05. The molecule has 0 fully saturated rings. The van der Waals surface area contributed by atoms with Crippen LogP contribution in [-0.2, 0) is 20.9 Å². The summed E-state index contributed by atoms with van der Waals surface area (Å²) < 4.78 is 36.9. The van der Waals surface area contributed by atoms with Crippen LogP contribution in [0.4, 0.5) is 8.78 Å². The molecule has 0 aliphatic rings. The lowest BCUT2D eigenvalue weighted by atomic mass is 10.7. The third-order valence-corrected chi connectivity index (χ3v) is 5.60. The second-order valence-corrected chi connectivity index (χ2v) is 6.35. The highest BCUT2D eigenvalue weighted by atomic mass is 35.5. The number of alkyl halides is 3. The molecule has 0 aromatic rings. The number of hydrogen-bond acceptors (Lipinski definition) is 3. The lowest BCUT2D eigenvalue weighted by molar-refractivity contribution is -0.159. The molecular weight excluding hydrogens is 267 g/mol. The Bertz CT molecular complexity index is 241. The lowest BCUT2D eigenvalue weighted by Crippen LogP contribution is -2.29. The van der Waals surface area contributed by atoms with Crippen molar-refractivity contribution in [2.75, 3.05) is 26.1 Å². The maximum Gasteiger partial charge on any atom is 0.375 e. The van der Waals surface area contributed by atoms with Gasteiger partial charge in [-0.05, 0) is 11.8 Å². The van der Waals surface area contributed by atoms with Gasteiger partial charge in [-0.1, -0.05) is 13.8 Å². The summed E-state index contributed by atoms with van der Waals surface area (Å²) in [6.07, 6.45) is -3.45. The van der Waals surface area contributed by atoms with E-state index in [1.165, 1.54) is 7.11 Å². The minimum Gasteiger partial charge on any atom is -0.321 e. The summed E-state index contributed by atoms with van der Waals surface area (Å²) in [5, 5.41) is 0. The predicted molar refractivity (Wildman–Crippen MR) is 61.0 cm³/mol. The largest absolute Gasteiger partial charge is 0.375 e. The van der Waals surface area contributed by atoms with Crippen LogP contribution >= 0.6 is 18.2 Å². The fraction of sp³-hybridized carbons (Fsp3) is 1.00. The maximum atomic E-state index is 13.0. The SMILES string of the molecule is CCN(CC)P(=S)(OC)OC(F)(F)CCl. The second-order valence-electron chi connectivity index (χ2n) is 2.65. The molecule has 0 aliphatic carbocycles. The molecule has 3 nitrogen and oxygen atoms in total. The van der Waals surface area contributed by atoms with Crippen LogP contribution in [0.1, 0.15) is 13.8 Å². The van der Waals surface area contributed by atoms with Crippen LogP contribution in [0.15, 0.2) is 0 Å². The van der Waals surface area contributed by atoms with Crippen LogP contribution in [0.5, 0.6) is 0 Å². The van der Waals surface area contributed by atoms with Gasteiger partial charge in [0.05, 0.1) is 0 Å². The van der Waals surface area contributed by atoms with Gasteiger partial charge in [0.15, 0.2) is 0 Å². The Hall–Kier alpha value is 0.680.